The lowest BCUT2D eigenvalue weighted by Crippen LogP contribution is -2.38. The number of aryl methyl sites for hydroxylation is 1. The summed E-state index contributed by atoms with van der Waals surface area (Å²) in [6.45, 7) is 3.97. The summed E-state index contributed by atoms with van der Waals surface area (Å²) < 4.78 is 5.29. The van der Waals surface area contributed by atoms with Crippen LogP contribution in [0.15, 0.2) is 10.7 Å². The maximum absolute atomic E-state index is 13.0. The lowest BCUT2D eigenvalue weighted by atomic mass is 10.0. The zero-order valence-corrected chi connectivity index (χ0v) is 15.9. The Labute approximate surface area is 159 Å². The molecule has 2 heterocycles. The first-order valence-electron chi connectivity index (χ1n) is 9.81. The predicted molar refractivity (Wildman–Crippen MR) is 98.5 cm³/mol. The SMILES string of the molecule is Cc1coc(CC(=O)O)c1C(=O)N1CCCN(C(=O)CC2CCCC2)CC1. The van der Waals surface area contributed by atoms with Crippen LogP contribution in [0.5, 0.6) is 0 Å². The first-order chi connectivity index (χ1) is 13.0. The highest BCUT2D eigenvalue weighted by Crippen LogP contribution is 2.28. The van der Waals surface area contributed by atoms with Crippen molar-refractivity contribution < 1.29 is 23.9 Å². The molecule has 1 saturated heterocycles. The quantitative estimate of drug-likeness (QED) is 0.852. The highest BCUT2D eigenvalue weighted by atomic mass is 16.4. The molecule has 2 fully saturated rings. The number of hydrogen-bond acceptors (Lipinski definition) is 4. The fourth-order valence-corrected chi connectivity index (χ4v) is 4.17. The summed E-state index contributed by atoms with van der Waals surface area (Å²) in [6.07, 6.45) is 7.22. The molecule has 0 radical (unpaired) electrons. The van der Waals surface area contributed by atoms with Crippen molar-refractivity contribution in [2.75, 3.05) is 26.2 Å². The number of hydrogen-bond donors (Lipinski definition) is 1. The Morgan fingerprint density at radius 1 is 1.07 bits per heavy atom. The van der Waals surface area contributed by atoms with Crippen LogP contribution in [0.2, 0.25) is 0 Å². The molecule has 3 rings (SSSR count). The molecule has 27 heavy (non-hydrogen) atoms. The molecule has 0 unspecified atom stereocenters. The van der Waals surface area contributed by atoms with Crippen LogP contribution in [0.3, 0.4) is 0 Å². The second kappa shape index (κ2) is 8.59. The normalized spacial score (nSPS) is 18.6. The predicted octanol–water partition coefficient (Wildman–Crippen LogP) is 2.47. The minimum Gasteiger partial charge on any atom is -0.481 e. The molecule has 1 aromatic heterocycles. The van der Waals surface area contributed by atoms with E-state index in [0.29, 0.717) is 49.6 Å². The number of carbonyl (C=O) groups excluding carboxylic acids is 2. The van der Waals surface area contributed by atoms with E-state index in [1.165, 1.54) is 19.1 Å². The Kier molecular flexibility index (Phi) is 6.19. The second-order valence-electron chi connectivity index (χ2n) is 7.67. The highest BCUT2D eigenvalue weighted by Gasteiger charge is 2.28. The van der Waals surface area contributed by atoms with E-state index >= 15 is 0 Å². The summed E-state index contributed by atoms with van der Waals surface area (Å²) in [7, 11) is 0. The zero-order chi connectivity index (χ0) is 19.4. The van der Waals surface area contributed by atoms with Crippen molar-refractivity contribution in [1.29, 1.82) is 0 Å². The van der Waals surface area contributed by atoms with E-state index < -0.39 is 5.97 Å². The fourth-order valence-electron chi connectivity index (χ4n) is 4.17. The van der Waals surface area contributed by atoms with Gasteiger partial charge in [-0.05, 0) is 32.1 Å². The number of carboxylic acids is 1. The van der Waals surface area contributed by atoms with Gasteiger partial charge in [0.25, 0.3) is 5.91 Å². The monoisotopic (exact) mass is 376 g/mol. The first kappa shape index (κ1) is 19.5. The Bertz CT molecular complexity index is 705. The molecule has 0 atom stereocenters. The van der Waals surface area contributed by atoms with E-state index in [0.717, 1.165) is 19.3 Å². The van der Waals surface area contributed by atoms with Gasteiger partial charge in [-0.1, -0.05) is 12.8 Å². The van der Waals surface area contributed by atoms with E-state index in [9.17, 15) is 14.4 Å². The van der Waals surface area contributed by atoms with Gasteiger partial charge < -0.3 is 19.3 Å². The summed E-state index contributed by atoms with van der Waals surface area (Å²) in [4.78, 5) is 40.2. The van der Waals surface area contributed by atoms with Crippen LogP contribution in [0.25, 0.3) is 0 Å². The van der Waals surface area contributed by atoms with Gasteiger partial charge in [-0.25, -0.2) is 0 Å². The molecule has 1 aliphatic carbocycles. The lowest BCUT2D eigenvalue weighted by molar-refractivity contribution is -0.136. The second-order valence-corrected chi connectivity index (χ2v) is 7.67. The third kappa shape index (κ3) is 4.70. The summed E-state index contributed by atoms with van der Waals surface area (Å²) in [5.41, 5.74) is 0.998. The standard InChI is InChI=1S/C20H28N2O5/c1-14-13-27-16(12-18(24)25)19(14)20(26)22-8-4-7-21(9-10-22)17(23)11-15-5-2-3-6-15/h13,15H,2-12H2,1H3,(H,24,25). The summed E-state index contributed by atoms with van der Waals surface area (Å²) in [5, 5.41) is 9.02. The van der Waals surface area contributed by atoms with Gasteiger partial charge in [-0.3, -0.25) is 14.4 Å². The molecular weight excluding hydrogens is 348 g/mol. The van der Waals surface area contributed by atoms with Crippen LogP contribution in [0.1, 0.15) is 60.2 Å². The minimum atomic E-state index is -1.03. The van der Waals surface area contributed by atoms with E-state index in [4.69, 9.17) is 9.52 Å². The molecule has 0 aromatic carbocycles. The van der Waals surface area contributed by atoms with Crippen molar-refractivity contribution in [3.8, 4) is 0 Å². The molecule has 0 spiro atoms. The minimum absolute atomic E-state index is 0.197. The van der Waals surface area contributed by atoms with Crippen LogP contribution in [-0.2, 0) is 16.0 Å². The Morgan fingerprint density at radius 2 is 1.74 bits per heavy atom. The first-order valence-corrected chi connectivity index (χ1v) is 9.81. The van der Waals surface area contributed by atoms with Gasteiger partial charge in [0.1, 0.15) is 12.2 Å². The maximum Gasteiger partial charge on any atom is 0.311 e. The van der Waals surface area contributed by atoms with Gasteiger partial charge >= 0.3 is 5.97 Å². The number of amides is 2. The maximum atomic E-state index is 13.0. The van der Waals surface area contributed by atoms with Crippen LogP contribution in [0, 0.1) is 12.8 Å². The topological polar surface area (TPSA) is 91.1 Å². The van der Waals surface area contributed by atoms with Crippen molar-refractivity contribution in [2.45, 2.75) is 51.9 Å². The highest BCUT2D eigenvalue weighted by molar-refractivity contribution is 5.97. The molecule has 0 bridgehead atoms. The summed E-state index contributed by atoms with van der Waals surface area (Å²) in [5.74, 6) is -0.322. The number of aliphatic carboxylic acids is 1. The van der Waals surface area contributed by atoms with E-state index in [1.807, 2.05) is 4.90 Å². The average molecular weight is 376 g/mol. The molecule has 1 N–H and O–H groups in total. The molecule has 2 amide bonds. The Balaban J connectivity index is 1.62. The van der Waals surface area contributed by atoms with Crippen molar-refractivity contribution in [1.82, 2.24) is 9.80 Å². The molecule has 1 saturated carbocycles. The van der Waals surface area contributed by atoms with Crippen LogP contribution >= 0.6 is 0 Å². The van der Waals surface area contributed by atoms with Gasteiger partial charge in [-0.2, -0.15) is 0 Å². The van der Waals surface area contributed by atoms with Crippen molar-refractivity contribution in [3.63, 3.8) is 0 Å². The molecule has 148 valence electrons. The van der Waals surface area contributed by atoms with Gasteiger partial charge in [0.15, 0.2) is 0 Å². The summed E-state index contributed by atoms with van der Waals surface area (Å²) in [6, 6.07) is 0. The molecule has 1 aromatic rings. The van der Waals surface area contributed by atoms with Gasteiger partial charge in [0.2, 0.25) is 5.91 Å². The number of carboxylic acid groups (broad SMARTS) is 1. The van der Waals surface area contributed by atoms with Crippen molar-refractivity contribution in [3.05, 3.63) is 23.2 Å². The van der Waals surface area contributed by atoms with Crippen molar-refractivity contribution in [2.24, 2.45) is 5.92 Å². The van der Waals surface area contributed by atoms with E-state index in [1.54, 1.807) is 11.8 Å². The number of rotatable bonds is 5. The molecule has 1 aliphatic heterocycles. The Morgan fingerprint density at radius 3 is 2.44 bits per heavy atom. The Hall–Kier alpha value is -2.31. The van der Waals surface area contributed by atoms with Gasteiger partial charge in [-0.15, -0.1) is 0 Å². The largest absolute Gasteiger partial charge is 0.481 e. The molecule has 7 nitrogen and oxygen atoms in total. The third-order valence-corrected chi connectivity index (χ3v) is 5.65. The van der Waals surface area contributed by atoms with Crippen LogP contribution in [0.4, 0.5) is 0 Å². The smallest absolute Gasteiger partial charge is 0.311 e. The molecular formula is C20H28N2O5. The summed E-state index contributed by atoms with van der Waals surface area (Å²) >= 11 is 0. The van der Waals surface area contributed by atoms with Gasteiger partial charge in [0.05, 0.1) is 11.8 Å². The van der Waals surface area contributed by atoms with E-state index in [2.05, 4.69) is 0 Å². The van der Waals surface area contributed by atoms with Gasteiger partial charge in [0, 0.05) is 38.2 Å². The average Bonchev–Trinajstić information content (AvgIpc) is 3.16. The van der Waals surface area contributed by atoms with Crippen molar-refractivity contribution >= 4 is 17.8 Å². The third-order valence-electron chi connectivity index (χ3n) is 5.65. The van der Waals surface area contributed by atoms with E-state index in [-0.39, 0.29) is 24.0 Å². The van der Waals surface area contributed by atoms with Crippen LogP contribution < -0.4 is 0 Å². The number of nitrogens with zero attached hydrogens (tertiary/aromatic N) is 2. The molecule has 7 heteroatoms. The van der Waals surface area contributed by atoms with Crippen LogP contribution in [-0.4, -0.2) is 58.9 Å². The number of furan rings is 1. The molecule has 2 aliphatic rings. The zero-order valence-electron chi connectivity index (χ0n) is 15.9. The number of carbonyl (C=O) groups is 3. The fraction of sp³-hybridized carbons (Fsp3) is 0.650. The lowest BCUT2D eigenvalue weighted by Gasteiger charge is -2.23.